The molecule has 0 saturated carbocycles. The average molecular weight is 168 g/mol. The molecule has 1 rings (SSSR count). The third-order valence-corrected chi connectivity index (χ3v) is 1.34. The predicted molar refractivity (Wildman–Crippen MR) is 39.9 cm³/mol. The molecule has 0 aromatic carbocycles. The Morgan fingerprint density at radius 2 is 2.50 bits per heavy atom. The molecule has 0 spiro atoms. The number of aromatic nitrogens is 2. The second-order valence-electron chi connectivity index (χ2n) is 2.30. The van der Waals surface area contributed by atoms with Gasteiger partial charge in [-0.1, -0.05) is 0 Å². The number of hydrogen-bond donors (Lipinski definition) is 1. The Kier molecular flexibility index (Phi) is 2.57. The van der Waals surface area contributed by atoms with Gasteiger partial charge >= 0.3 is 5.97 Å². The van der Waals surface area contributed by atoms with Crippen molar-refractivity contribution in [2.75, 3.05) is 0 Å². The lowest BCUT2D eigenvalue weighted by atomic mass is 10.4. The first-order chi connectivity index (χ1) is 5.72. The van der Waals surface area contributed by atoms with Gasteiger partial charge in [-0.25, -0.2) is 0 Å². The molecule has 1 aromatic heterocycles. The Morgan fingerprint density at radius 3 is 3.00 bits per heavy atom. The van der Waals surface area contributed by atoms with Gasteiger partial charge in [-0.3, -0.25) is 14.3 Å². The summed E-state index contributed by atoms with van der Waals surface area (Å²) in [7, 11) is 0. The molecule has 0 radical (unpaired) electrons. The molecular weight excluding hydrogens is 160 g/mol. The van der Waals surface area contributed by atoms with Crippen LogP contribution in [0.25, 0.3) is 0 Å². The molecule has 1 N–H and O–H groups in total. The fourth-order valence-corrected chi connectivity index (χ4v) is 0.773. The Balaban J connectivity index is 2.52. The van der Waals surface area contributed by atoms with Crippen LogP contribution >= 0.6 is 0 Å². The van der Waals surface area contributed by atoms with E-state index in [4.69, 9.17) is 5.11 Å². The summed E-state index contributed by atoms with van der Waals surface area (Å²) in [6.07, 6.45) is 3.59. The van der Waals surface area contributed by atoms with Gasteiger partial charge in [0.05, 0.1) is 24.7 Å². The molecule has 0 bridgehead atoms. The zero-order valence-electron chi connectivity index (χ0n) is 6.30. The molecule has 0 amide bonds. The smallest absolute Gasteiger partial charge is 0.305 e. The van der Waals surface area contributed by atoms with Crippen LogP contribution in [0.15, 0.2) is 12.4 Å². The van der Waals surface area contributed by atoms with E-state index in [-0.39, 0.29) is 6.42 Å². The van der Waals surface area contributed by atoms with Crippen molar-refractivity contribution in [3.05, 3.63) is 18.0 Å². The summed E-state index contributed by atoms with van der Waals surface area (Å²) in [4.78, 5) is 20.3. The molecule has 12 heavy (non-hydrogen) atoms. The normalized spacial score (nSPS) is 9.67. The van der Waals surface area contributed by atoms with Crippen LogP contribution in [0.3, 0.4) is 0 Å². The zero-order valence-corrected chi connectivity index (χ0v) is 6.30. The Labute approximate surface area is 68.6 Å². The molecule has 0 atom stereocenters. The third kappa shape index (κ3) is 2.19. The first-order valence-corrected chi connectivity index (χ1v) is 3.42. The van der Waals surface area contributed by atoms with E-state index in [0.717, 1.165) is 0 Å². The maximum atomic E-state index is 10.2. The number of nitrogens with zero attached hydrogens (tertiary/aromatic N) is 2. The molecule has 64 valence electrons. The van der Waals surface area contributed by atoms with E-state index in [1.54, 1.807) is 0 Å². The van der Waals surface area contributed by atoms with Crippen LogP contribution in [-0.4, -0.2) is 27.1 Å². The predicted octanol–water partition coefficient (Wildman–Crippen LogP) is 0.170. The minimum atomic E-state index is -0.877. The summed E-state index contributed by atoms with van der Waals surface area (Å²) in [5, 5.41) is 12.1. The number of rotatable bonds is 4. The van der Waals surface area contributed by atoms with E-state index < -0.39 is 5.97 Å². The fourth-order valence-electron chi connectivity index (χ4n) is 0.773. The fraction of sp³-hybridized carbons (Fsp3) is 0.286. The summed E-state index contributed by atoms with van der Waals surface area (Å²) in [5.74, 6) is -0.877. The number of hydrogen-bond acceptors (Lipinski definition) is 3. The molecule has 5 nitrogen and oxygen atoms in total. The van der Waals surface area contributed by atoms with Crippen molar-refractivity contribution in [2.45, 2.75) is 13.0 Å². The summed E-state index contributed by atoms with van der Waals surface area (Å²) in [6, 6.07) is 0. The molecule has 0 fully saturated rings. The summed E-state index contributed by atoms with van der Waals surface area (Å²) >= 11 is 0. The quantitative estimate of drug-likeness (QED) is 0.650. The van der Waals surface area contributed by atoms with Crippen molar-refractivity contribution in [3.63, 3.8) is 0 Å². The number of carboxylic acid groups (broad SMARTS) is 1. The molecule has 0 saturated heterocycles. The first kappa shape index (κ1) is 8.45. The van der Waals surface area contributed by atoms with Crippen LogP contribution in [0.4, 0.5) is 0 Å². The van der Waals surface area contributed by atoms with Gasteiger partial charge in [-0.05, 0) is 0 Å². The van der Waals surface area contributed by atoms with Gasteiger partial charge in [0, 0.05) is 6.20 Å². The second-order valence-corrected chi connectivity index (χ2v) is 2.30. The van der Waals surface area contributed by atoms with Crippen LogP contribution in [0.5, 0.6) is 0 Å². The molecule has 0 unspecified atom stereocenters. The Bertz CT molecular complexity index is 293. The lowest BCUT2D eigenvalue weighted by Gasteiger charge is -1.95. The minimum Gasteiger partial charge on any atom is -0.481 e. The van der Waals surface area contributed by atoms with Gasteiger partial charge < -0.3 is 5.11 Å². The number of carboxylic acids is 1. The van der Waals surface area contributed by atoms with Crippen LogP contribution in [0, 0.1) is 0 Å². The number of aldehydes is 1. The Morgan fingerprint density at radius 1 is 1.75 bits per heavy atom. The van der Waals surface area contributed by atoms with Gasteiger partial charge in [0.25, 0.3) is 0 Å². The van der Waals surface area contributed by atoms with Crippen LogP contribution in [-0.2, 0) is 11.3 Å². The van der Waals surface area contributed by atoms with Crippen molar-refractivity contribution in [2.24, 2.45) is 0 Å². The summed E-state index contributed by atoms with van der Waals surface area (Å²) in [5.41, 5.74) is 0.459. The molecular formula is C7H8N2O3. The molecule has 0 aliphatic rings. The van der Waals surface area contributed by atoms with Gasteiger partial charge in [0.1, 0.15) is 0 Å². The van der Waals surface area contributed by atoms with Gasteiger partial charge in [-0.2, -0.15) is 5.10 Å². The van der Waals surface area contributed by atoms with Gasteiger partial charge in [-0.15, -0.1) is 0 Å². The van der Waals surface area contributed by atoms with E-state index in [0.29, 0.717) is 18.4 Å². The average Bonchev–Trinajstić information content (AvgIpc) is 2.48. The van der Waals surface area contributed by atoms with Crippen LogP contribution in [0.1, 0.15) is 16.8 Å². The van der Waals surface area contributed by atoms with E-state index >= 15 is 0 Å². The number of carbonyl (C=O) groups is 2. The largest absolute Gasteiger partial charge is 0.481 e. The molecule has 5 heteroatoms. The molecule has 0 aliphatic heterocycles. The third-order valence-electron chi connectivity index (χ3n) is 1.34. The maximum absolute atomic E-state index is 10.2. The van der Waals surface area contributed by atoms with E-state index in [1.807, 2.05) is 0 Å². The van der Waals surface area contributed by atoms with Crippen molar-refractivity contribution in [1.29, 1.82) is 0 Å². The highest BCUT2D eigenvalue weighted by Gasteiger charge is 1.99. The summed E-state index contributed by atoms with van der Waals surface area (Å²) < 4.78 is 1.43. The lowest BCUT2D eigenvalue weighted by molar-refractivity contribution is -0.137. The maximum Gasteiger partial charge on any atom is 0.305 e. The topological polar surface area (TPSA) is 72.2 Å². The standard InChI is InChI=1S/C7H8N2O3/c10-5-6-3-8-9(4-6)2-1-7(11)12/h3-5H,1-2H2,(H,11,12). The molecule has 1 aromatic rings. The van der Waals surface area contributed by atoms with E-state index in [1.165, 1.54) is 17.1 Å². The summed E-state index contributed by atoms with van der Waals surface area (Å²) in [6.45, 7) is 0.295. The number of carbonyl (C=O) groups excluding carboxylic acids is 1. The van der Waals surface area contributed by atoms with Crippen molar-refractivity contribution >= 4 is 12.3 Å². The second kappa shape index (κ2) is 3.66. The van der Waals surface area contributed by atoms with E-state index in [9.17, 15) is 9.59 Å². The van der Waals surface area contributed by atoms with Crippen molar-refractivity contribution in [1.82, 2.24) is 9.78 Å². The highest BCUT2D eigenvalue weighted by atomic mass is 16.4. The van der Waals surface area contributed by atoms with Gasteiger partial charge in [0.15, 0.2) is 6.29 Å². The van der Waals surface area contributed by atoms with E-state index in [2.05, 4.69) is 5.10 Å². The Hall–Kier alpha value is -1.65. The first-order valence-electron chi connectivity index (χ1n) is 3.42. The van der Waals surface area contributed by atoms with Crippen LogP contribution < -0.4 is 0 Å². The number of aliphatic carboxylic acids is 1. The molecule has 0 aliphatic carbocycles. The molecule has 1 heterocycles. The minimum absolute atomic E-state index is 0.0139. The lowest BCUT2D eigenvalue weighted by Crippen LogP contribution is -2.04. The van der Waals surface area contributed by atoms with Gasteiger partial charge in [0.2, 0.25) is 0 Å². The van der Waals surface area contributed by atoms with Crippen LogP contribution in [0.2, 0.25) is 0 Å². The zero-order chi connectivity index (χ0) is 8.97. The SMILES string of the molecule is O=Cc1cnn(CCC(=O)O)c1. The van der Waals surface area contributed by atoms with Crippen molar-refractivity contribution < 1.29 is 14.7 Å². The monoisotopic (exact) mass is 168 g/mol. The van der Waals surface area contributed by atoms with Crippen molar-refractivity contribution in [3.8, 4) is 0 Å². The highest BCUT2D eigenvalue weighted by Crippen LogP contribution is 1.94. The number of aryl methyl sites for hydroxylation is 1. The highest BCUT2D eigenvalue weighted by molar-refractivity contribution is 5.73.